The van der Waals surface area contributed by atoms with Crippen molar-refractivity contribution in [1.82, 2.24) is 20.0 Å². The van der Waals surface area contributed by atoms with Crippen molar-refractivity contribution in [2.75, 3.05) is 20.6 Å². The highest BCUT2D eigenvalue weighted by atomic mass is 19.4. The normalized spacial score (nSPS) is 16.3. The number of likely N-dealkylation sites (N-methyl/N-ethyl adjacent to an activating group) is 1. The molecule has 0 aliphatic heterocycles. The summed E-state index contributed by atoms with van der Waals surface area (Å²) in [5.74, 6) is -2.77. The van der Waals surface area contributed by atoms with Crippen molar-refractivity contribution >= 4 is 11.9 Å². The molecular formula is C18H29F3N4O3. The molecule has 2 N–H and O–H groups in total. The molecule has 0 bridgehead atoms. The number of aliphatic carboxylic acids is 1. The van der Waals surface area contributed by atoms with Crippen molar-refractivity contribution in [2.45, 2.75) is 64.2 Å². The quantitative estimate of drug-likeness (QED) is 0.785. The van der Waals surface area contributed by atoms with Crippen LogP contribution in [0, 0.1) is 6.92 Å². The lowest BCUT2D eigenvalue weighted by molar-refractivity contribution is -0.192. The van der Waals surface area contributed by atoms with Gasteiger partial charge in [0.25, 0.3) is 5.91 Å². The van der Waals surface area contributed by atoms with Crippen LogP contribution in [0.5, 0.6) is 0 Å². The summed E-state index contributed by atoms with van der Waals surface area (Å²) in [7, 11) is 4.25. The summed E-state index contributed by atoms with van der Waals surface area (Å²) in [5, 5.41) is 14.6. The molecule has 28 heavy (non-hydrogen) atoms. The van der Waals surface area contributed by atoms with Crippen LogP contribution in [0.3, 0.4) is 0 Å². The van der Waals surface area contributed by atoms with Gasteiger partial charge in [-0.2, -0.15) is 18.3 Å². The molecule has 0 spiro atoms. The molecule has 1 aromatic heterocycles. The summed E-state index contributed by atoms with van der Waals surface area (Å²) >= 11 is 0. The van der Waals surface area contributed by atoms with Crippen LogP contribution in [-0.4, -0.2) is 64.0 Å². The van der Waals surface area contributed by atoms with Gasteiger partial charge in [0, 0.05) is 18.6 Å². The number of carbonyl (C=O) groups is 2. The standard InChI is InChI=1S/C16H28N4O.C2HF3O2/c1-5-20-14(11-13(2)18-20)15(21)17-12-16(19(3)4)9-7-6-8-10-16;3-2(4,5)1(6)7/h11H,5-10,12H2,1-4H3,(H,17,21);(H,6,7). The smallest absolute Gasteiger partial charge is 0.475 e. The van der Waals surface area contributed by atoms with Gasteiger partial charge in [0.05, 0.1) is 5.69 Å². The topological polar surface area (TPSA) is 87.5 Å². The molecule has 1 heterocycles. The minimum atomic E-state index is -5.08. The van der Waals surface area contributed by atoms with Gasteiger partial charge in [0.15, 0.2) is 0 Å². The number of hydrogen-bond donors (Lipinski definition) is 2. The van der Waals surface area contributed by atoms with Crippen molar-refractivity contribution in [3.63, 3.8) is 0 Å². The van der Waals surface area contributed by atoms with Crippen molar-refractivity contribution in [3.05, 3.63) is 17.5 Å². The Balaban J connectivity index is 0.000000480. The number of alkyl halides is 3. The van der Waals surface area contributed by atoms with Crippen LogP contribution in [0.1, 0.15) is 55.2 Å². The second kappa shape index (κ2) is 9.90. The third kappa shape index (κ3) is 6.50. The molecule has 1 aliphatic rings. The Morgan fingerprint density at radius 2 is 1.82 bits per heavy atom. The van der Waals surface area contributed by atoms with Gasteiger partial charge < -0.3 is 15.3 Å². The highest BCUT2D eigenvalue weighted by molar-refractivity contribution is 5.92. The molecule has 1 saturated carbocycles. The molecule has 1 aliphatic carbocycles. The average Bonchev–Trinajstić information content (AvgIpc) is 3.01. The molecule has 2 rings (SSSR count). The van der Waals surface area contributed by atoms with Crippen molar-refractivity contribution < 1.29 is 27.9 Å². The van der Waals surface area contributed by atoms with E-state index in [-0.39, 0.29) is 11.4 Å². The van der Waals surface area contributed by atoms with E-state index in [1.165, 1.54) is 19.3 Å². The molecule has 0 radical (unpaired) electrons. The lowest BCUT2D eigenvalue weighted by atomic mass is 9.80. The predicted molar refractivity (Wildman–Crippen MR) is 98.2 cm³/mol. The third-order valence-corrected chi connectivity index (χ3v) is 4.99. The first-order valence-electron chi connectivity index (χ1n) is 9.23. The summed E-state index contributed by atoms with van der Waals surface area (Å²) in [5.41, 5.74) is 1.67. The van der Waals surface area contributed by atoms with Crippen LogP contribution in [0.2, 0.25) is 0 Å². The van der Waals surface area contributed by atoms with E-state index < -0.39 is 12.1 Å². The van der Waals surface area contributed by atoms with E-state index in [1.807, 2.05) is 19.9 Å². The minimum Gasteiger partial charge on any atom is -0.475 e. The molecule has 7 nitrogen and oxygen atoms in total. The highest BCUT2D eigenvalue weighted by Crippen LogP contribution is 2.31. The molecule has 1 aromatic rings. The Hall–Kier alpha value is -2.10. The van der Waals surface area contributed by atoms with E-state index in [9.17, 15) is 18.0 Å². The summed E-state index contributed by atoms with van der Waals surface area (Å²) < 4.78 is 33.5. The number of carboxylic acid groups (broad SMARTS) is 1. The van der Waals surface area contributed by atoms with Crippen LogP contribution in [0.15, 0.2) is 6.07 Å². The zero-order valence-corrected chi connectivity index (χ0v) is 16.8. The van der Waals surface area contributed by atoms with Gasteiger partial charge in [-0.25, -0.2) is 4.79 Å². The molecule has 0 saturated heterocycles. The van der Waals surface area contributed by atoms with Crippen LogP contribution in [0.25, 0.3) is 0 Å². The first-order valence-corrected chi connectivity index (χ1v) is 9.23. The number of aromatic nitrogens is 2. The molecule has 10 heteroatoms. The summed E-state index contributed by atoms with van der Waals surface area (Å²) in [6.07, 6.45) is 1.05. The first kappa shape index (κ1) is 23.9. The van der Waals surface area contributed by atoms with Gasteiger partial charge in [-0.3, -0.25) is 9.48 Å². The maximum atomic E-state index is 12.5. The Bertz CT molecular complexity index is 666. The second-order valence-electron chi connectivity index (χ2n) is 7.15. The molecule has 160 valence electrons. The fourth-order valence-electron chi connectivity index (χ4n) is 3.30. The van der Waals surface area contributed by atoms with E-state index >= 15 is 0 Å². The molecular weight excluding hydrogens is 377 g/mol. The number of carbonyl (C=O) groups excluding carboxylic acids is 1. The van der Waals surface area contributed by atoms with Crippen molar-refractivity contribution in [1.29, 1.82) is 0 Å². The summed E-state index contributed by atoms with van der Waals surface area (Å²) in [4.78, 5) is 23.6. The van der Waals surface area contributed by atoms with Gasteiger partial charge in [0.1, 0.15) is 5.69 Å². The lowest BCUT2D eigenvalue weighted by Gasteiger charge is -2.43. The average molecular weight is 406 g/mol. The number of carboxylic acids is 1. The fraction of sp³-hybridized carbons (Fsp3) is 0.722. The van der Waals surface area contributed by atoms with Gasteiger partial charge >= 0.3 is 12.1 Å². The van der Waals surface area contributed by atoms with E-state index in [4.69, 9.17) is 9.90 Å². The maximum Gasteiger partial charge on any atom is 0.490 e. The first-order chi connectivity index (χ1) is 12.9. The van der Waals surface area contributed by atoms with Crippen molar-refractivity contribution in [3.8, 4) is 0 Å². The highest BCUT2D eigenvalue weighted by Gasteiger charge is 2.38. The van der Waals surface area contributed by atoms with Gasteiger partial charge in [-0.1, -0.05) is 19.3 Å². The summed E-state index contributed by atoms with van der Waals surface area (Å²) in [6.45, 7) is 5.36. The predicted octanol–water partition coefficient (Wildman–Crippen LogP) is 2.84. The monoisotopic (exact) mass is 406 g/mol. The summed E-state index contributed by atoms with van der Waals surface area (Å²) in [6, 6.07) is 1.86. The van der Waals surface area contributed by atoms with E-state index in [0.717, 1.165) is 25.1 Å². The zero-order chi connectivity index (χ0) is 21.5. The van der Waals surface area contributed by atoms with E-state index in [0.29, 0.717) is 12.2 Å². The zero-order valence-electron chi connectivity index (χ0n) is 16.8. The fourth-order valence-corrected chi connectivity index (χ4v) is 3.30. The van der Waals surface area contributed by atoms with E-state index in [2.05, 4.69) is 29.4 Å². The van der Waals surface area contributed by atoms with E-state index in [1.54, 1.807) is 4.68 Å². The Morgan fingerprint density at radius 3 is 2.25 bits per heavy atom. The Kier molecular flexibility index (Phi) is 8.47. The molecule has 1 fully saturated rings. The number of nitrogens with one attached hydrogen (secondary N) is 1. The molecule has 1 amide bonds. The van der Waals surface area contributed by atoms with Crippen LogP contribution in [0.4, 0.5) is 13.2 Å². The Morgan fingerprint density at radius 1 is 1.29 bits per heavy atom. The minimum absolute atomic E-state index is 0.00996. The third-order valence-electron chi connectivity index (χ3n) is 4.99. The van der Waals surface area contributed by atoms with Crippen LogP contribution < -0.4 is 5.32 Å². The van der Waals surface area contributed by atoms with Gasteiger partial charge in [-0.15, -0.1) is 0 Å². The van der Waals surface area contributed by atoms with Crippen LogP contribution >= 0.6 is 0 Å². The number of aryl methyl sites for hydroxylation is 2. The lowest BCUT2D eigenvalue weighted by Crippen LogP contribution is -2.53. The van der Waals surface area contributed by atoms with Crippen LogP contribution in [-0.2, 0) is 11.3 Å². The number of hydrogen-bond acceptors (Lipinski definition) is 4. The number of rotatable bonds is 5. The Labute approximate surface area is 162 Å². The van der Waals surface area contributed by atoms with Gasteiger partial charge in [-0.05, 0) is 46.9 Å². The largest absolute Gasteiger partial charge is 0.490 e. The second-order valence-corrected chi connectivity index (χ2v) is 7.15. The SMILES string of the molecule is CCn1nc(C)cc1C(=O)NCC1(N(C)C)CCCCC1.O=C(O)C(F)(F)F. The number of amides is 1. The number of halogens is 3. The molecule has 0 unspecified atom stereocenters. The molecule has 0 atom stereocenters. The molecule has 0 aromatic carbocycles. The maximum absolute atomic E-state index is 12.5. The number of nitrogens with zero attached hydrogens (tertiary/aromatic N) is 3. The van der Waals surface area contributed by atoms with Crippen molar-refractivity contribution in [2.24, 2.45) is 0 Å². The van der Waals surface area contributed by atoms with Gasteiger partial charge in [0.2, 0.25) is 0 Å².